The van der Waals surface area contributed by atoms with E-state index in [1.54, 1.807) is 6.92 Å². The monoisotopic (exact) mass is 566 g/mol. The molecule has 1 amide bonds. The number of hydrogen-bond acceptors (Lipinski definition) is 7. The van der Waals surface area contributed by atoms with E-state index in [-0.39, 0.29) is 29.5 Å². The molecule has 1 aliphatic rings. The maximum absolute atomic E-state index is 12.9. The molecule has 0 spiro atoms. The van der Waals surface area contributed by atoms with E-state index in [1.807, 2.05) is 0 Å². The summed E-state index contributed by atoms with van der Waals surface area (Å²) in [5.41, 5.74) is 0.255. The average Bonchev–Trinajstić information content (AvgIpc) is 3.20. The minimum Gasteiger partial charge on any atom is -0.477 e. The lowest BCUT2D eigenvalue weighted by molar-refractivity contribution is -0.151. The second kappa shape index (κ2) is 18.0. The summed E-state index contributed by atoms with van der Waals surface area (Å²) < 4.78 is 42.5. The van der Waals surface area contributed by atoms with Gasteiger partial charge in [-0.05, 0) is 37.6 Å². The highest BCUT2D eigenvalue weighted by Crippen LogP contribution is 2.25. The third kappa shape index (κ3) is 12.1. The minimum absolute atomic E-state index is 0.0220. The number of hydrogen-bond donors (Lipinski definition) is 1. The van der Waals surface area contributed by atoms with Crippen LogP contribution in [0.15, 0.2) is 34.3 Å². The molecule has 39 heavy (non-hydrogen) atoms. The Morgan fingerprint density at radius 2 is 1.33 bits per heavy atom. The molecule has 10 heteroatoms. The van der Waals surface area contributed by atoms with Crippen molar-refractivity contribution in [3.8, 4) is 0 Å². The van der Waals surface area contributed by atoms with Crippen LogP contribution in [0.4, 0.5) is 5.69 Å². The Labute approximate surface area is 234 Å². The maximum atomic E-state index is 12.9. The average molecular weight is 567 g/mol. The fourth-order valence-electron chi connectivity index (χ4n) is 4.55. The van der Waals surface area contributed by atoms with Gasteiger partial charge in [0.2, 0.25) is 0 Å². The summed E-state index contributed by atoms with van der Waals surface area (Å²) in [4.78, 5) is 25.0. The van der Waals surface area contributed by atoms with E-state index in [0.29, 0.717) is 6.42 Å². The molecular formula is C29H46N2O7S. The number of esters is 1. The van der Waals surface area contributed by atoms with E-state index >= 15 is 0 Å². The molecule has 2 rings (SSSR count). The largest absolute Gasteiger partial charge is 0.477 e. The summed E-state index contributed by atoms with van der Waals surface area (Å²) in [6.45, 7) is 4.21. The molecule has 0 aromatic heterocycles. The van der Waals surface area contributed by atoms with Gasteiger partial charge in [0.05, 0.1) is 17.2 Å². The van der Waals surface area contributed by atoms with Crippen LogP contribution in [0.2, 0.25) is 0 Å². The first-order valence-corrected chi connectivity index (χ1v) is 16.0. The fraction of sp³-hybridized carbons (Fsp3) is 0.690. The van der Waals surface area contributed by atoms with Crippen LogP contribution in [-0.2, 0) is 29.2 Å². The van der Waals surface area contributed by atoms with Gasteiger partial charge in [-0.25, -0.2) is 0 Å². The van der Waals surface area contributed by atoms with Crippen LogP contribution >= 0.6 is 0 Å². The standard InChI is InChI=1S/C29H46N2O7S/c1-3-5-6-7-8-9-10-11-12-13-14-15-16-17-18-19-26(32)38-27-28(37-4-2)30-31(29(27)33)24-20-22-25(23-21-24)39(34,35)36/h20-23,27H,3-19H2,1-2H3,(H,34,35,36). The summed E-state index contributed by atoms with van der Waals surface area (Å²) in [5.74, 6) is -1.12. The molecule has 0 fully saturated rings. The lowest BCUT2D eigenvalue weighted by Crippen LogP contribution is -2.36. The molecule has 0 aliphatic carbocycles. The van der Waals surface area contributed by atoms with Crippen molar-refractivity contribution in [3.63, 3.8) is 0 Å². The summed E-state index contributed by atoms with van der Waals surface area (Å²) in [6, 6.07) is 4.97. The van der Waals surface area contributed by atoms with Gasteiger partial charge in [0.1, 0.15) is 0 Å². The summed E-state index contributed by atoms with van der Waals surface area (Å²) >= 11 is 0. The highest BCUT2D eigenvalue weighted by molar-refractivity contribution is 7.85. The van der Waals surface area contributed by atoms with Crippen molar-refractivity contribution in [2.24, 2.45) is 5.10 Å². The van der Waals surface area contributed by atoms with Gasteiger partial charge in [0.15, 0.2) is 0 Å². The topological polar surface area (TPSA) is 123 Å². The number of rotatable bonds is 20. The van der Waals surface area contributed by atoms with Crippen molar-refractivity contribution in [1.29, 1.82) is 0 Å². The number of ether oxygens (including phenoxy) is 2. The van der Waals surface area contributed by atoms with E-state index in [9.17, 15) is 18.0 Å². The normalized spacial score (nSPS) is 15.5. The quantitative estimate of drug-likeness (QED) is 0.105. The Morgan fingerprint density at radius 1 is 0.846 bits per heavy atom. The van der Waals surface area contributed by atoms with Crippen LogP contribution in [-0.4, -0.2) is 43.5 Å². The number of carbonyl (C=O) groups is 2. The predicted molar refractivity (Wildman–Crippen MR) is 152 cm³/mol. The molecule has 0 bridgehead atoms. The molecule has 1 heterocycles. The van der Waals surface area contributed by atoms with Crippen LogP contribution in [0.5, 0.6) is 0 Å². The van der Waals surface area contributed by atoms with E-state index in [0.717, 1.165) is 30.0 Å². The molecule has 1 aromatic rings. The van der Waals surface area contributed by atoms with Gasteiger partial charge in [0.25, 0.3) is 28.0 Å². The van der Waals surface area contributed by atoms with Gasteiger partial charge < -0.3 is 9.47 Å². The number of amides is 1. The molecule has 1 aromatic carbocycles. The van der Waals surface area contributed by atoms with Gasteiger partial charge in [-0.3, -0.25) is 14.1 Å². The summed E-state index contributed by atoms with van der Waals surface area (Å²) in [6.07, 6.45) is 17.5. The third-order valence-electron chi connectivity index (χ3n) is 6.76. The Bertz CT molecular complexity index is 1010. The summed E-state index contributed by atoms with van der Waals surface area (Å²) in [7, 11) is -4.36. The summed E-state index contributed by atoms with van der Waals surface area (Å²) in [5, 5.41) is 5.13. The van der Waals surface area contributed by atoms with Crippen LogP contribution in [0.25, 0.3) is 0 Å². The highest BCUT2D eigenvalue weighted by Gasteiger charge is 2.41. The number of carbonyl (C=O) groups excluding carboxylic acids is 2. The van der Waals surface area contributed by atoms with Crippen molar-refractivity contribution in [3.05, 3.63) is 24.3 Å². The minimum atomic E-state index is -4.36. The SMILES string of the molecule is CCCCCCCCCCCCCCCCCC(=O)OC1C(=O)N(c2ccc(S(=O)(=O)O)cc2)N=C1OCC. The Kier molecular flexibility index (Phi) is 15.1. The fourth-order valence-corrected chi connectivity index (χ4v) is 5.03. The number of benzene rings is 1. The lowest BCUT2D eigenvalue weighted by Gasteiger charge is -2.15. The van der Waals surface area contributed by atoms with Gasteiger partial charge in [0, 0.05) is 6.42 Å². The first kappa shape index (κ1) is 32.8. The molecule has 9 nitrogen and oxygen atoms in total. The van der Waals surface area contributed by atoms with Crippen molar-refractivity contribution < 1.29 is 32.0 Å². The van der Waals surface area contributed by atoms with Crippen molar-refractivity contribution in [2.45, 2.75) is 128 Å². The maximum Gasteiger partial charge on any atom is 0.307 e. The highest BCUT2D eigenvalue weighted by atomic mass is 32.2. The number of hydrazone groups is 1. The van der Waals surface area contributed by atoms with Crippen LogP contribution in [0, 0.1) is 0 Å². The third-order valence-corrected chi connectivity index (χ3v) is 7.63. The number of nitrogens with zero attached hydrogens (tertiary/aromatic N) is 2. The molecular weight excluding hydrogens is 520 g/mol. The number of anilines is 1. The van der Waals surface area contributed by atoms with Crippen LogP contribution in [0.1, 0.15) is 117 Å². The first-order chi connectivity index (χ1) is 18.8. The van der Waals surface area contributed by atoms with Crippen LogP contribution in [0.3, 0.4) is 0 Å². The van der Waals surface area contributed by atoms with E-state index in [4.69, 9.17) is 14.0 Å². The lowest BCUT2D eigenvalue weighted by atomic mass is 10.0. The Morgan fingerprint density at radius 3 is 1.79 bits per heavy atom. The van der Waals surface area contributed by atoms with E-state index in [2.05, 4.69) is 12.0 Å². The second-order valence-corrected chi connectivity index (χ2v) is 11.5. The Balaban J connectivity index is 1.63. The van der Waals surface area contributed by atoms with E-state index < -0.39 is 28.1 Å². The van der Waals surface area contributed by atoms with Gasteiger partial charge in [-0.2, -0.15) is 13.4 Å². The second-order valence-electron chi connectivity index (χ2n) is 10.1. The molecule has 1 unspecified atom stereocenters. The zero-order valence-electron chi connectivity index (χ0n) is 23.6. The molecule has 0 saturated carbocycles. The molecule has 1 aliphatic heterocycles. The first-order valence-electron chi connectivity index (χ1n) is 14.6. The number of unbranched alkanes of at least 4 members (excludes halogenated alkanes) is 14. The van der Waals surface area contributed by atoms with Gasteiger partial charge in [-0.1, -0.05) is 96.8 Å². The van der Waals surface area contributed by atoms with Gasteiger partial charge >= 0.3 is 5.97 Å². The van der Waals surface area contributed by atoms with Crippen LogP contribution < -0.4 is 5.01 Å². The molecule has 0 radical (unpaired) electrons. The molecule has 1 atom stereocenters. The molecule has 0 saturated heterocycles. The van der Waals surface area contributed by atoms with Crippen molar-refractivity contribution in [1.82, 2.24) is 0 Å². The van der Waals surface area contributed by atoms with Gasteiger partial charge in [-0.15, -0.1) is 5.10 Å². The molecule has 1 N–H and O–H groups in total. The zero-order chi connectivity index (χ0) is 28.5. The van der Waals surface area contributed by atoms with E-state index in [1.165, 1.54) is 89.2 Å². The zero-order valence-corrected chi connectivity index (χ0v) is 24.4. The Hall–Kier alpha value is -2.46. The predicted octanol–water partition coefficient (Wildman–Crippen LogP) is 6.80. The molecule has 220 valence electrons. The van der Waals surface area contributed by atoms with Crippen molar-refractivity contribution >= 4 is 33.6 Å². The smallest absolute Gasteiger partial charge is 0.307 e. The van der Waals surface area contributed by atoms with Crippen molar-refractivity contribution in [2.75, 3.05) is 11.6 Å².